The molecule has 2 nitrogen and oxygen atoms in total. The SMILES string of the molecule is [11CH3]OC(=O)c1ccccc1. The summed E-state index contributed by atoms with van der Waals surface area (Å²) in [4.78, 5) is 10.8. The van der Waals surface area contributed by atoms with Gasteiger partial charge in [0.05, 0.1) is 12.7 Å². The Hall–Kier alpha value is -1.31. The van der Waals surface area contributed by atoms with Gasteiger partial charge in [0.2, 0.25) is 0 Å². The first-order chi connectivity index (χ1) is 4.84. The molecule has 0 bridgehead atoms. The predicted octanol–water partition coefficient (Wildman–Crippen LogP) is 1.47. The molecule has 0 aliphatic rings. The fourth-order valence-electron chi connectivity index (χ4n) is 0.692. The van der Waals surface area contributed by atoms with Gasteiger partial charge in [-0.05, 0) is 12.1 Å². The van der Waals surface area contributed by atoms with Gasteiger partial charge in [-0.15, -0.1) is 0 Å². The van der Waals surface area contributed by atoms with Crippen LogP contribution in [0.5, 0.6) is 0 Å². The maximum atomic E-state index is 10.8. The Labute approximate surface area is 59.4 Å². The first-order valence-corrected chi connectivity index (χ1v) is 2.98. The molecule has 0 spiro atoms. The van der Waals surface area contributed by atoms with Crippen molar-refractivity contribution in [2.45, 2.75) is 0 Å². The van der Waals surface area contributed by atoms with Gasteiger partial charge in [0, 0.05) is 0 Å². The average molecular weight is 135 g/mol. The van der Waals surface area contributed by atoms with Crippen molar-refractivity contribution in [3.8, 4) is 0 Å². The summed E-state index contributed by atoms with van der Waals surface area (Å²) in [5.74, 6) is -0.291. The number of methoxy groups -OCH3 is 1. The standard InChI is InChI=1S/C8H8O2/c1-10-8(9)7-5-3-2-4-6-7/h2-6H,1H3/i1-1. The molecule has 0 saturated heterocycles. The zero-order chi connectivity index (χ0) is 7.40. The molecule has 1 aromatic carbocycles. The van der Waals surface area contributed by atoms with Gasteiger partial charge >= 0.3 is 5.97 Å². The molecule has 1 aromatic rings. The minimum atomic E-state index is -0.291. The molecule has 0 heterocycles. The molecule has 0 saturated carbocycles. The van der Waals surface area contributed by atoms with Gasteiger partial charge in [-0.1, -0.05) is 18.2 Å². The van der Waals surface area contributed by atoms with Crippen LogP contribution in [-0.4, -0.2) is 13.1 Å². The van der Waals surface area contributed by atoms with E-state index in [0.717, 1.165) is 0 Å². The largest absolute Gasteiger partial charge is 0.465 e. The summed E-state index contributed by atoms with van der Waals surface area (Å²) in [5, 5.41) is 0. The molecule has 0 N–H and O–H groups in total. The Morgan fingerprint density at radius 2 is 1.90 bits per heavy atom. The van der Waals surface area contributed by atoms with Gasteiger partial charge in [-0.2, -0.15) is 0 Å². The highest BCUT2D eigenvalue weighted by molar-refractivity contribution is 5.89. The van der Waals surface area contributed by atoms with E-state index in [0.29, 0.717) is 5.56 Å². The lowest BCUT2D eigenvalue weighted by Gasteiger charge is -1.95. The van der Waals surface area contributed by atoms with Crippen LogP contribution in [0.2, 0.25) is 0 Å². The van der Waals surface area contributed by atoms with E-state index in [1.54, 1.807) is 24.3 Å². The molecule has 2 heteroatoms. The second-order valence-electron chi connectivity index (χ2n) is 1.86. The van der Waals surface area contributed by atoms with E-state index in [-0.39, 0.29) is 5.97 Å². The Balaban J connectivity index is 2.85. The van der Waals surface area contributed by atoms with Crippen LogP contribution in [0.15, 0.2) is 30.3 Å². The molecule has 0 aliphatic heterocycles. The molecular weight excluding hydrogens is 127 g/mol. The fraction of sp³-hybridized carbons (Fsp3) is 0.125. The second kappa shape index (κ2) is 3.01. The molecule has 0 unspecified atom stereocenters. The van der Waals surface area contributed by atoms with Crippen LogP contribution in [-0.2, 0) is 4.74 Å². The lowest BCUT2D eigenvalue weighted by molar-refractivity contribution is 0.0601. The van der Waals surface area contributed by atoms with Gasteiger partial charge in [0.25, 0.3) is 0 Å². The number of hydrogen-bond acceptors (Lipinski definition) is 2. The molecule has 10 heavy (non-hydrogen) atoms. The Kier molecular flexibility index (Phi) is 2.05. The monoisotopic (exact) mass is 135 g/mol. The molecule has 0 aromatic heterocycles. The van der Waals surface area contributed by atoms with E-state index in [1.807, 2.05) is 6.07 Å². The summed E-state index contributed by atoms with van der Waals surface area (Å²) in [7, 11) is 1.37. The maximum Gasteiger partial charge on any atom is 0.337 e. The van der Waals surface area contributed by atoms with E-state index in [1.165, 1.54) is 7.11 Å². The van der Waals surface area contributed by atoms with Gasteiger partial charge in [-0.25, -0.2) is 4.79 Å². The van der Waals surface area contributed by atoms with Gasteiger partial charge in [-0.3, -0.25) is 0 Å². The van der Waals surface area contributed by atoms with E-state index in [9.17, 15) is 4.79 Å². The molecular formula is C8H8O2. The highest BCUT2D eigenvalue weighted by Crippen LogP contribution is 1.98. The molecule has 0 radical (unpaired) electrons. The van der Waals surface area contributed by atoms with Crippen LogP contribution < -0.4 is 0 Å². The summed E-state index contributed by atoms with van der Waals surface area (Å²) in [6, 6.07) is 8.88. The molecule has 0 amide bonds. The fourth-order valence-corrected chi connectivity index (χ4v) is 0.692. The number of esters is 1. The zero-order valence-electron chi connectivity index (χ0n) is 5.70. The van der Waals surface area contributed by atoms with E-state index < -0.39 is 0 Å². The van der Waals surface area contributed by atoms with Crippen molar-refractivity contribution in [1.29, 1.82) is 0 Å². The quantitative estimate of drug-likeness (QED) is 0.545. The third kappa shape index (κ3) is 1.35. The Bertz CT molecular complexity index is 216. The van der Waals surface area contributed by atoms with Gasteiger partial charge in [0.15, 0.2) is 0 Å². The molecule has 0 aliphatic carbocycles. The van der Waals surface area contributed by atoms with Crippen molar-refractivity contribution in [1.82, 2.24) is 0 Å². The second-order valence-corrected chi connectivity index (χ2v) is 1.86. The third-order valence-electron chi connectivity index (χ3n) is 1.19. The van der Waals surface area contributed by atoms with Crippen molar-refractivity contribution in [3.63, 3.8) is 0 Å². The van der Waals surface area contributed by atoms with Crippen LogP contribution in [0.3, 0.4) is 0 Å². The minimum absolute atomic E-state index is 0.291. The van der Waals surface area contributed by atoms with Crippen molar-refractivity contribution < 1.29 is 9.53 Å². The predicted molar refractivity (Wildman–Crippen MR) is 37.8 cm³/mol. The van der Waals surface area contributed by atoms with Crippen LogP contribution in [0.4, 0.5) is 0 Å². The van der Waals surface area contributed by atoms with Crippen molar-refractivity contribution in [3.05, 3.63) is 35.9 Å². The van der Waals surface area contributed by atoms with E-state index >= 15 is 0 Å². The van der Waals surface area contributed by atoms with Crippen LogP contribution >= 0.6 is 0 Å². The normalized spacial score (nSPS) is 8.90. The van der Waals surface area contributed by atoms with Crippen LogP contribution in [0, 0.1) is 0 Å². The summed E-state index contributed by atoms with van der Waals surface area (Å²) in [6.45, 7) is 0. The summed E-state index contributed by atoms with van der Waals surface area (Å²) in [6.07, 6.45) is 0. The summed E-state index contributed by atoms with van der Waals surface area (Å²) in [5.41, 5.74) is 0.588. The molecule has 0 atom stereocenters. The minimum Gasteiger partial charge on any atom is -0.465 e. The molecule has 1 rings (SSSR count). The first kappa shape index (κ1) is 6.81. The number of hydrogen-bond donors (Lipinski definition) is 0. The molecule has 0 fully saturated rings. The number of carbonyl (C=O) groups is 1. The Morgan fingerprint density at radius 3 is 2.40 bits per heavy atom. The first-order valence-electron chi connectivity index (χ1n) is 2.98. The number of ether oxygens (including phenoxy) is 1. The third-order valence-corrected chi connectivity index (χ3v) is 1.19. The summed E-state index contributed by atoms with van der Waals surface area (Å²) >= 11 is 0. The van der Waals surface area contributed by atoms with Gasteiger partial charge in [0.1, 0.15) is 0 Å². The number of carbonyl (C=O) groups excluding carboxylic acids is 1. The van der Waals surface area contributed by atoms with E-state index in [4.69, 9.17) is 0 Å². The zero-order valence-corrected chi connectivity index (χ0v) is 5.70. The van der Waals surface area contributed by atoms with Crippen molar-refractivity contribution in [2.24, 2.45) is 0 Å². The van der Waals surface area contributed by atoms with Crippen molar-refractivity contribution in [2.75, 3.05) is 7.11 Å². The topological polar surface area (TPSA) is 26.3 Å². The lowest BCUT2D eigenvalue weighted by atomic mass is 10.2. The van der Waals surface area contributed by atoms with Gasteiger partial charge < -0.3 is 4.74 Å². The number of benzene rings is 1. The van der Waals surface area contributed by atoms with E-state index in [2.05, 4.69) is 4.74 Å². The maximum absolute atomic E-state index is 10.8. The Morgan fingerprint density at radius 1 is 1.30 bits per heavy atom. The van der Waals surface area contributed by atoms with Crippen LogP contribution in [0.1, 0.15) is 10.4 Å². The smallest absolute Gasteiger partial charge is 0.337 e. The highest BCUT2D eigenvalue weighted by Gasteiger charge is 2.00. The summed E-state index contributed by atoms with van der Waals surface area (Å²) < 4.78 is 4.50. The average Bonchev–Trinajstić information content (AvgIpc) is 2.05. The molecule has 52 valence electrons. The number of rotatable bonds is 1. The van der Waals surface area contributed by atoms with Crippen LogP contribution in [0.25, 0.3) is 0 Å². The highest BCUT2D eigenvalue weighted by atomic mass is 16.5. The van der Waals surface area contributed by atoms with Crippen molar-refractivity contribution >= 4 is 5.97 Å². The lowest BCUT2D eigenvalue weighted by Crippen LogP contribution is -1.99.